The van der Waals surface area contributed by atoms with Gasteiger partial charge in [-0.2, -0.15) is 0 Å². The molecule has 0 fully saturated rings. The van der Waals surface area contributed by atoms with Crippen molar-refractivity contribution in [3.8, 4) is 11.3 Å². The lowest BCUT2D eigenvalue weighted by Crippen LogP contribution is -2.28. The Kier molecular flexibility index (Phi) is 7.90. The maximum absolute atomic E-state index is 13.4. The summed E-state index contributed by atoms with van der Waals surface area (Å²) in [5.74, 6) is 1.81. The van der Waals surface area contributed by atoms with Crippen molar-refractivity contribution in [2.45, 2.75) is 46.6 Å². The molecule has 40 heavy (non-hydrogen) atoms. The van der Waals surface area contributed by atoms with E-state index in [4.69, 9.17) is 32.0 Å². The third kappa shape index (κ3) is 5.87. The number of amides is 1. The number of thiophene rings is 1. The van der Waals surface area contributed by atoms with Gasteiger partial charge in [-0.3, -0.25) is 14.9 Å². The Morgan fingerprint density at radius 1 is 1.25 bits per heavy atom. The molecule has 1 aliphatic rings. The summed E-state index contributed by atoms with van der Waals surface area (Å²) < 4.78 is 11.3. The molecule has 1 atom stereocenters. The Morgan fingerprint density at radius 3 is 2.75 bits per heavy atom. The SMILES string of the molecule is CC(C)(C)[C@H]1CCc2c(sc(N=Cc3ccc(-c4cc(Cl)c([N+](=O)[O-])cc4Cl)o3)c2C(=O)NCc2ccco2)C1. The van der Waals surface area contributed by atoms with Crippen molar-refractivity contribution in [2.75, 3.05) is 0 Å². The number of carbonyl (C=O) groups excluding carboxylic acids is 1. The van der Waals surface area contributed by atoms with Crippen LogP contribution in [-0.2, 0) is 19.4 Å². The number of nitro groups is 1. The first-order valence-corrected chi connectivity index (χ1v) is 14.3. The van der Waals surface area contributed by atoms with Crippen LogP contribution in [0.1, 0.15) is 59.5 Å². The number of benzene rings is 1. The average molecular weight is 601 g/mol. The van der Waals surface area contributed by atoms with Crippen LogP contribution in [0.4, 0.5) is 10.7 Å². The first-order valence-electron chi connectivity index (χ1n) is 12.7. The second-order valence-corrected chi connectivity index (χ2v) is 12.7. The number of nitrogens with one attached hydrogen (secondary N) is 1. The van der Waals surface area contributed by atoms with Crippen LogP contribution in [0, 0.1) is 21.4 Å². The Bertz CT molecular complexity index is 1600. The quantitative estimate of drug-likeness (QED) is 0.130. The van der Waals surface area contributed by atoms with Gasteiger partial charge in [0.15, 0.2) is 0 Å². The van der Waals surface area contributed by atoms with Crippen LogP contribution in [0.2, 0.25) is 10.0 Å². The van der Waals surface area contributed by atoms with Crippen LogP contribution in [-0.4, -0.2) is 17.0 Å². The number of hydrogen-bond donors (Lipinski definition) is 1. The highest BCUT2D eigenvalue weighted by atomic mass is 35.5. The van der Waals surface area contributed by atoms with E-state index in [1.54, 1.807) is 30.7 Å². The molecule has 5 rings (SSSR count). The van der Waals surface area contributed by atoms with E-state index in [2.05, 4.69) is 31.1 Å². The van der Waals surface area contributed by atoms with E-state index >= 15 is 0 Å². The van der Waals surface area contributed by atoms with E-state index in [1.807, 2.05) is 6.07 Å². The molecule has 1 aliphatic carbocycles. The van der Waals surface area contributed by atoms with Crippen LogP contribution >= 0.6 is 34.5 Å². The van der Waals surface area contributed by atoms with Crippen molar-refractivity contribution in [1.29, 1.82) is 0 Å². The molecule has 3 aromatic heterocycles. The standard InChI is InChI=1S/C29H27Cl2N3O5S/c1-29(2,3)16-6-8-19-25(11-16)40-28(26(19)27(35)32-14-17-5-4-10-38-17)33-15-18-7-9-24(39-18)20-12-22(31)23(34(36)37)13-21(20)30/h4-5,7,9-10,12-13,15-16H,6,8,11,14H2,1-3H3,(H,32,35)/t16-/m0/s1. The number of furan rings is 2. The van der Waals surface area contributed by atoms with Crippen LogP contribution < -0.4 is 5.32 Å². The molecule has 0 saturated heterocycles. The minimum atomic E-state index is -0.592. The van der Waals surface area contributed by atoms with Crippen LogP contribution in [0.25, 0.3) is 11.3 Å². The molecule has 8 nitrogen and oxygen atoms in total. The van der Waals surface area contributed by atoms with Crippen molar-refractivity contribution in [1.82, 2.24) is 5.32 Å². The zero-order valence-corrected chi connectivity index (χ0v) is 24.5. The van der Waals surface area contributed by atoms with E-state index < -0.39 is 4.92 Å². The molecule has 0 spiro atoms. The van der Waals surface area contributed by atoms with Gasteiger partial charge in [0.1, 0.15) is 27.3 Å². The van der Waals surface area contributed by atoms with Crippen molar-refractivity contribution < 1.29 is 18.6 Å². The average Bonchev–Trinajstić information content (AvgIpc) is 3.65. The Labute approximate surface area is 245 Å². The molecule has 0 bridgehead atoms. The first kappa shape index (κ1) is 28.1. The number of nitrogens with zero attached hydrogens (tertiary/aromatic N) is 2. The lowest BCUT2D eigenvalue weighted by molar-refractivity contribution is -0.384. The largest absolute Gasteiger partial charge is 0.467 e. The summed E-state index contributed by atoms with van der Waals surface area (Å²) >= 11 is 13.9. The van der Waals surface area contributed by atoms with Gasteiger partial charge in [0.2, 0.25) is 0 Å². The fraction of sp³-hybridized carbons (Fsp3) is 0.310. The smallest absolute Gasteiger partial charge is 0.289 e. The minimum Gasteiger partial charge on any atom is -0.467 e. The van der Waals surface area contributed by atoms with Crippen LogP contribution in [0.5, 0.6) is 0 Å². The van der Waals surface area contributed by atoms with Gasteiger partial charge in [0.25, 0.3) is 11.6 Å². The van der Waals surface area contributed by atoms with Crippen molar-refractivity contribution in [2.24, 2.45) is 16.3 Å². The fourth-order valence-electron chi connectivity index (χ4n) is 4.86. The summed E-state index contributed by atoms with van der Waals surface area (Å²) in [7, 11) is 0. The molecule has 11 heteroatoms. The third-order valence-corrected chi connectivity index (χ3v) is 8.91. The van der Waals surface area contributed by atoms with Crippen LogP contribution in [0.3, 0.4) is 0 Å². The fourth-order valence-corrected chi connectivity index (χ4v) is 6.61. The summed E-state index contributed by atoms with van der Waals surface area (Å²) in [6.07, 6.45) is 5.87. The molecule has 3 heterocycles. The van der Waals surface area contributed by atoms with E-state index in [0.717, 1.165) is 24.8 Å². The molecule has 0 saturated carbocycles. The topological polar surface area (TPSA) is 111 Å². The number of aliphatic imine (C=N–C) groups is 1. The number of nitro benzene ring substituents is 1. The van der Waals surface area contributed by atoms with Gasteiger partial charge in [0, 0.05) is 16.5 Å². The van der Waals surface area contributed by atoms with Gasteiger partial charge in [-0.25, -0.2) is 4.99 Å². The molecule has 1 N–H and O–H groups in total. The van der Waals surface area contributed by atoms with Gasteiger partial charge in [-0.1, -0.05) is 44.0 Å². The zero-order valence-electron chi connectivity index (χ0n) is 22.1. The summed E-state index contributed by atoms with van der Waals surface area (Å²) in [6, 6.07) is 9.60. The Morgan fingerprint density at radius 2 is 2.05 bits per heavy atom. The summed E-state index contributed by atoms with van der Waals surface area (Å²) in [5.41, 5.74) is 1.96. The van der Waals surface area contributed by atoms with Crippen LogP contribution in [0.15, 0.2) is 56.5 Å². The highest BCUT2D eigenvalue weighted by Gasteiger charge is 2.33. The highest BCUT2D eigenvalue weighted by Crippen LogP contribution is 2.45. The van der Waals surface area contributed by atoms with Gasteiger partial charge >= 0.3 is 0 Å². The molecule has 208 valence electrons. The van der Waals surface area contributed by atoms with Crippen molar-refractivity contribution in [3.63, 3.8) is 0 Å². The highest BCUT2D eigenvalue weighted by molar-refractivity contribution is 7.16. The summed E-state index contributed by atoms with van der Waals surface area (Å²) in [5, 5.41) is 14.8. The molecule has 1 aromatic carbocycles. The number of rotatable bonds is 7. The Hall–Kier alpha value is -3.40. The van der Waals surface area contributed by atoms with E-state index in [-0.39, 0.29) is 33.6 Å². The first-order chi connectivity index (χ1) is 19.0. The van der Waals surface area contributed by atoms with Gasteiger partial charge in [-0.05, 0) is 66.5 Å². The lowest BCUT2D eigenvalue weighted by atomic mass is 9.72. The maximum atomic E-state index is 13.4. The van der Waals surface area contributed by atoms with Crippen molar-refractivity contribution in [3.05, 3.63) is 90.3 Å². The molecule has 0 radical (unpaired) electrons. The summed E-state index contributed by atoms with van der Waals surface area (Å²) in [6.45, 7) is 7.05. The molecule has 1 amide bonds. The second kappa shape index (κ2) is 11.2. The van der Waals surface area contributed by atoms with E-state index in [9.17, 15) is 14.9 Å². The summed E-state index contributed by atoms with van der Waals surface area (Å²) in [4.78, 5) is 29.8. The van der Waals surface area contributed by atoms with Crippen molar-refractivity contribution >= 4 is 57.3 Å². The van der Waals surface area contributed by atoms with Gasteiger partial charge in [0.05, 0.1) is 34.5 Å². The van der Waals surface area contributed by atoms with E-state index in [1.165, 1.54) is 28.3 Å². The van der Waals surface area contributed by atoms with Gasteiger partial charge < -0.3 is 14.2 Å². The predicted molar refractivity (Wildman–Crippen MR) is 157 cm³/mol. The monoisotopic (exact) mass is 599 g/mol. The maximum Gasteiger partial charge on any atom is 0.289 e. The predicted octanol–water partition coefficient (Wildman–Crippen LogP) is 8.65. The number of halogens is 2. The van der Waals surface area contributed by atoms with Gasteiger partial charge in [-0.15, -0.1) is 11.3 Å². The molecule has 0 unspecified atom stereocenters. The number of fused-ring (bicyclic) bond motifs is 1. The lowest BCUT2D eigenvalue weighted by Gasteiger charge is -2.33. The molecule has 4 aromatic rings. The minimum absolute atomic E-state index is 0.0426. The molecular formula is C29H27Cl2N3O5S. The Balaban J connectivity index is 1.44. The molecular weight excluding hydrogens is 573 g/mol. The number of hydrogen-bond acceptors (Lipinski definition) is 7. The zero-order chi connectivity index (χ0) is 28.6. The normalized spacial score (nSPS) is 15.4. The van der Waals surface area contributed by atoms with E-state index in [0.29, 0.717) is 39.3 Å². The second-order valence-electron chi connectivity index (χ2n) is 10.8. The third-order valence-electron chi connectivity index (χ3n) is 7.14. The molecule has 0 aliphatic heterocycles. The number of carbonyl (C=O) groups is 1.